The van der Waals surface area contributed by atoms with Crippen LogP contribution in [-0.4, -0.2) is 58.3 Å². The van der Waals surface area contributed by atoms with E-state index in [0.717, 1.165) is 62.1 Å². The van der Waals surface area contributed by atoms with Gasteiger partial charge in [-0.15, -0.1) is 0 Å². The van der Waals surface area contributed by atoms with Crippen LogP contribution in [0.3, 0.4) is 0 Å². The molecule has 150 valence electrons. The molecule has 1 fully saturated rings. The number of methoxy groups -OCH3 is 1. The summed E-state index contributed by atoms with van der Waals surface area (Å²) >= 11 is 0. The van der Waals surface area contributed by atoms with Gasteiger partial charge in [0.1, 0.15) is 63.1 Å². The fraction of sp³-hybridized carbons (Fsp3) is 0.429. The van der Waals surface area contributed by atoms with Crippen molar-refractivity contribution in [1.29, 1.82) is 0 Å². The molecule has 2 aliphatic heterocycles. The van der Waals surface area contributed by atoms with Crippen LogP contribution in [0.4, 0.5) is 0 Å². The highest BCUT2D eigenvalue weighted by Gasteiger charge is 2.25. The molecule has 0 atom stereocenters. The summed E-state index contributed by atoms with van der Waals surface area (Å²) in [6.45, 7) is 7.09. The summed E-state index contributed by atoms with van der Waals surface area (Å²) in [5.41, 5.74) is 0.922. The van der Waals surface area contributed by atoms with Crippen molar-refractivity contribution >= 4 is 0 Å². The number of nitrogens with one attached hydrogen (secondary N) is 2. The molecule has 2 aliphatic rings. The van der Waals surface area contributed by atoms with Crippen LogP contribution in [0.25, 0.3) is 0 Å². The van der Waals surface area contributed by atoms with Crippen molar-refractivity contribution < 1.29 is 33.9 Å². The zero-order valence-corrected chi connectivity index (χ0v) is 16.2. The number of fused-ring (bicyclic) bond motifs is 1. The summed E-state index contributed by atoms with van der Waals surface area (Å²) in [4.78, 5) is 3.04. The summed E-state index contributed by atoms with van der Waals surface area (Å²) in [7, 11) is 1.66. The topological polar surface area (TPSA) is 66.0 Å². The number of piperazine rings is 1. The van der Waals surface area contributed by atoms with E-state index < -0.39 is 0 Å². The smallest absolute Gasteiger partial charge is 0.231 e. The van der Waals surface area contributed by atoms with Crippen LogP contribution in [0.5, 0.6) is 28.7 Å². The number of phenols is 1. The maximum Gasteiger partial charge on any atom is 0.231 e. The van der Waals surface area contributed by atoms with Gasteiger partial charge in [-0.1, -0.05) is 0 Å². The van der Waals surface area contributed by atoms with Gasteiger partial charge in [0.25, 0.3) is 0 Å². The van der Waals surface area contributed by atoms with Gasteiger partial charge >= 0.3 is 0 Å². The van der Waals surface area contributed by atoms with Crippen LogP contribution in [0.1, 0.15) is 5.56 Å². The van der Waals surface area contributed by atoms with E-state index in [1.165, 1.54) is 4.90 Å². The maximum atomic E-state index is 10.2. The Morgan fingerprint density at radius 2 is 1.57 bits per heavy atom. The van der Waals surface area contributed by atoms with E-state index in [1.54, 1.807) is 18.1 Å². The van der Waals surface area contributed by atoms with Crippen molar-refractivity contribution in [3.8, 4) is 28.7 Å². The number of benzene rings is 2. The molecule has 0 aromatic heterocycles. The first-order valence-corrected chi connectivity index (χ1v) is 9.77. The third kappa shape index (κ3) is 4.43. The lowest BCUT2D eigenvalue weighted by molar-refractivity contribution is -1.02. The van der Waals surface area contributed by atoms with Gasteiger partial charge in [-0.3, -0.25) is 0 Å². The number of ether oxygens (including phenoxy) is 4. The molecule has 7 heteroatoms. The molecule has 0 amide bonds. The Balaban J connectivity index is 1.20. The highest BCUT2D eigenvalue weighted by Crippen LogP contribution is 2.37. The second kappa shape index (κ2) is 8.58. The summed E-state index contributed by atoms with van der Waals surface area (Å²) < 4.78 is 21.7. The predicted octanol–water partition coefficient (Wildman–Crippen LogP) is -0.508. The van der Waals surface area contributed by atoms with Crippen molar-refractivity contribution in [2.75, 3.05) is 53.2 Å². The number of rotatable bonds is 7. The molecule has 28 heavy (non-hydrogen) atoms. The molecule has 0 radical (unpaired) electrons. The lowest BCUT2D eigenvalue weighted by atomic mass is 10.1. The van der Waals surface area contributed by atoms with Gasteiger partial charge in [0, 0.05) is 6.07 Å². The van der Waals surface area contributed by atoms with Crippen LogP contribution in [0.15, 0.2) is 36.4 Å². The first-order valence-electron chi connectivity index (χ1n) is 9.77. The minimum atomic E-state index is 0.228. The zero-order valence-electron chi connectivity index (χ0n) is 16.2. The third-order valence-electron chi connectivity index (χ3n) is 5.46. The molecule has 2 aromatic rings. The van der Waals surface area contributed by atoms with E-state index in [9.17, 15) is 5.11 Å². The number of hydrogen-bond acceptors (Lipinski definition) is 5. The molecule has 3 N–H and O–H groups in total. The lowest BCUT2D eigenvalue weighted by Gasteiger charge is -2.29. The van der Waals surface area contributed by atoms with Gasteiger partial charge < -0.3 is 33.9 Å². The predicted molar refractivity (Wildman–Crippen MR) is 103 cm³/mol. The van der Waals surface area contributed by atoms with Crippen molar-refractivity contribution in [1.82, 2.24) is 0 Å². The fourth-order valence-electron chi connectivity index (χ4n) is 3.75. The number of aromatic hydroxyl groups is 1. The largest absolute Gasteiger partial charge is 0.507 e. The molecule has 0 unspecified atom stereocenters. The van der Waals surface area contributed by atoms with Crippen LogP contribution >= 0.6 is 0 Å². The quantitative estimate of drug-likeness (QED) is 0.597. The standard InChI is InChI=1S/C21H26N2O5/c1-25-17-2-4-18(5-3-17)26-11-10-22-6-8-23(9-7-22)14-16-12-20-21(13-19(16)24)28-15-27-20/h2-5,12-13,24H,6-11,14-15H2,1H3/p+2. The molecule has 4 rings (SSSR count). The Hall–Kier alpha value is -2.64. The SMILES string of the molecule is COc1ccc(OCC[NH+]2CC[NH+](Cc3cc4c(cc3O)OCO4)CC2)cc1. The van der Waals surface area contributed by atoms with E-state index in [1.807, 2.05) is 30.3 Å². The molecular formula is C21H28N2O5+2. The van der Waals surface area contributed by atoms with Gasteiger partial charge in [-0.05, 0) is 30.3 Å². The molecular weight excluding hydrogens is 360 g/mol. The summed E-state index contributed by atoms with van der Waals surface area (Å²) in [6.07, 6.45) is 0. The molecule has 0 aliphatic carbocycles. The van der Waals surface area contributed by atoms with Crippen molar-refractivity contribution in [3.63, 3.8) is 0 Å². The van der Waals surface area contributed by atoms with E-state index in [-0.39, 0.29) is 6.79 Å². The lowest BCUT2D eigenvalue weighted by Crippen LogP contribution is -3.27. The minimum Gasteiger partial charge on any atom is -0.507 e. The minimum absolute atomic E-state index is 0.228. The fourth-order valence-corrected chi connectivity index (χ4v) is 3.75. The normalized spacial score (nSPS) is 20.8. The molecule has 0 spiro atoms. The van der Waals surface area contributed by atoms with E-state index >= 15 is 0 Å². The molecule has 1 saturated heterocycles. The van der Waals surface area contributed by atoms with Gasteiger partial charge in [-0.2, -0.15) is 0 Å². The van der Waals surface area contributed by atoms with Gasteiger partial charge in [0.15, 0.2) is 11.5 Å². The maximum absolute atomic E-state index is 10.2. The molecule has 2 aromatic carbocycles. The molecule has 0 saturated carbocycles. The number of quaternary nitrogens is 2. The Bertz CT molecular complexity index is 788. The van der Waals surface area contributed by atoms with Crippen molar-refractivity contribution in [3.05, 3.63) is 42.0 Å². The first-order chi connectivity index (χ1) is 13.7. The van der Waals surface area contributed by atoms with E-state index in [2.05, 4.69) is 0 Å². The van der Waals surface area contributed by atoms with Gasteiger partial charge in [0.05, 0.1) is 12.7 Å². The number of phenolic OH excluding ortho intramolecular Hbond substituents is 1. The van der Waals surface area contributed by atoms with Gasteiger partial charge in [-0.25, -0.2) is 0 Å². The molecule has 2 heterocycles. The molecule has 7 nitrogen and oxygen atoms in total. The van der Waals surface area contributed by atoms with E-state index in [0.29, 0.717) is 18.1 Å². The Morgan fingerprint density at radius 3 is 2.29 bits per heavy atom. The summed E-state index contributed by atoms with van der Waals surface area (Å²) in [5, 5.41) is 10.2. The van der Waals surface area contributed by atoms with Crippen molar-refractivity contribution in [2.45, 2.75) is 6.54 Å². The van der Waals surface area contributed by atoms with Crippen LogP contribution < -0.4 is 28.7 Å². The monoisotopic (exact) mass is 388 g/mol. The Kier molecular flexibility index (Phi) is 5.73. The average molecular weight is 388 g/mol. The number of hydrogen-bond donors (Lipinski definition) is 3. The average Bonchev–Trinajstić information content (AvgIpc) is 3.17. The Labute approximate surface area is 165 Å². The van der Waals surface area contributed by atoms with E-state index in [4.69, 9.17) is 18.9 Å². The highest BCUT2D eigenvalue weighted by atomic mass is 16.7. The Morgan fingerprint density at radius 1 is 0.929 bits per heavy atom. The first kappa shape index (κ1) is 18.7. The van der Waals surface area contributed by atoms with Crippen LogP contribution in [0.2, 0.25) is 0 Å². The summed E-state index contributed by atoms with van der Waals surface area (Å²) in [6, 6.07) is 11.3. The zero-order chi connectivity index (χ0) is 19.3. The second-order valence-corrected chi connectivity index (χ2v) is 7.28. The van der Waals surface area contributed by atoms with Gasteiger partial charge in [0.2, 0.25) is 6.79 Å². The summed E-state index contributed by atoms with van der Waals surface area (Å²) in [5.74, 6) is 3.36. The second-order valence-electron chi connectivity index (χ2n) is 7.28. The third-order valence-corrected chi connectivity index (χ3v) is 5.46. The van der Waals surface area contributed by atoms with Crippen molar-refractivity contribution in [2.24, 2.45) is 0 Å². The van der Waals surface area contributed by atoms with Crippen LogP contribution in [0, 0.1) is 0 Å². The molecule has 0 bridgehead atoms. The van der Waals surface area contributed by atoms with Crippen LogP contribution in [-0.2, 0) is 6.54 Å². The highest BCUT2D eigenvalue weighted by molar-refractivity contribution is 5.50.